The third-order valence-corrected chi connectivity index (χ3v) is 8.46. The number of carbonyl (C=O) groups is 4. The molecular weight excluding hydrogens is 454 g/mol. The van der Waals surface area contributed by atoms with Crippen molar-refractivity contribution in [2.24, 2.45) is 35.5 Å². The Balaban J connectivity index is 1.21. The molecule has 0 N–H and O–H groups in total. The lowest BCUT2D eigenvalue weighted by atomic mass is 9.63. The number of Topliss-reactive ketones (excluding diaryl/α,β-unsaturated/α-hetero) is 1. The molecule has 6 atom stereocenters. The second-order valence-electron chi connectivity index (χ2n) is 10.3. The average Bonchev–Trinajstić information content (AvgIpc) is 3.67. The molecule has 6 heteroatoms. The first-order chi connectivity index (χ1) is 17.4. The Hall–Kier alpha value is -4.06. The predicted molar refractivity (Wildman–Crippen MR) is 133 cm³/mol. The van der Waals surface area contributed by atoms with Gasteiger partial charge < -0.3 is 4.74 Å². The Morgan fingerprint density at radius 1 is 0.861 bits per heavy atom. The van der Waals surface area contributed by atoms with E-state index in [1.165, 1.54) is 17.9 Å². The SMILES string of the molecule is CC(=O)c1ccc2ccccc2c1OC(=O)c1cccc(N2C(=O)[C@@H]3[C@H]4C=C[C@@H]([C@@H]5C[C@@H]45)[C@H]3C2=O)c1. The third kappa shape index (κ3) is 2.90. The van der Waals surface area contributed by atoms with E-state index in [2.05, 4.69) is 12.2 Å². The Labute approximate surface area is 207 Å². The standard InChI is InChI=1S/C30H23NO5/c1-15(32)19-10-9-16-5-2-3-8-20(16)27(19)36-30(35)17-6-4-7-18(13-17)31-28(33)25-21-11-12-22(24-14-23(21)24)26(25)29(31)34/h2-13,21-26H,14H2,1H3/t21-,22-,23-,24-,25+,26+/m0/s1. The van der Waals surface area contributed by atoms with Crippen molar-refractivity contribution in [3.05, 3.63) is 83.9 Å². The minimum Gasteiger partial charge on any atom is -0.421 e. The zero-order valence-electron chi connectivity index (χ0n) is 19.6. The fourth-order valence-corrected chi connectivity index (χ4v) is 6.77. The number of fused-ring (bicyclic) bond motifs is 1. The van der Waals surface area contributed by atoms with Crippen LogP contribution in [0.5, 0.6) is 5.75 Å². The van der Waals surface area contributed by atoms with Gasteiger partial charge in [-0.1, -0.05) is 48.6 Å². The molecule has 2 bridgehead atoms. The summed E-state index contributed by atoms with van der Waals surface area (Å²) >= 11 is 0. The van der Waals surface area contributed by atoms with Crippen molar-refractivity contribution in [3.63, 3.8) is 0 Å². The topological polar surface area (TPSA) is 80.8 Å². The number of ether oxygens (including phenoxy) is 1. The molecule has 5 aliphatic rings. The number of benzene rings is 3. The molecule has 8 rings (SSSR count). The summed E-state index contributed by atoms with van der Waals surface area (Å²) in [5.41, 5.74) is 0.898. The molecule has 0 aromatic heterocycles. The number of esters is 1. The zero-order valence-corrected chi connectivity index (χ0v) is 19.6. The molecule has 0 spiro atoms. The molecule has 1 aliphatic heterocycles. The number of hydrogen-bond acceptors (Lipinski definition) is 5. The number of amides is 2. The van der Waals surface area contributed by atoms with E-state index in [1.807, 2.05) is 24.3 Å². The normalized spacial score (nSPS) is 29.3. The van der Waals surface area contributed by atoms with Gasteiger partial charge in [0.25, 0.3) is 0 Å². The summed E-state index contributed by atoms with van der Waals surface area (Å²) in [7, 11) is 0. The lowest BCUT2D eigenvalue weighted by molar-refractivity contribution is -0.124. The summed E-state index contributed by atoms with van der Waals surface area (Å²) in [4.78, 5) is 53.7. The van der Waals surface area contributed by atoms with Gasteiger partial charge in [-0.2, -0.15) is 0 Å². The minimum atomic E-state index is -0.657. The van der Waals surface area contributed by atoms with Crippen LogP contribution in [0.4, 0.5) is 5.69 Å². The first kappa shape index (κ1) is 21.2. The van der Waals surface area contributed by atoms with E-state index in [0.29, 0.717) is 28.5 Å². The average molecular weight is 478 g/mol. The summed E-state index contributed by atoms with van der Waals surface area (Å²) < 4.78 is 5.78. The van der Waals surface area contributed by atoms with Crippen LogP contribution in [0.2, 0.25) is 0 Å². The van der Waals surface area contributed by atoms with E-state index in [1.54, 1.807) is 30.3 Å². The number of ketones is 1. The van der Waals surface area contributed by atoms with E-state index in [9.17, 15) is 19.2 Å². The monoisotopic (exact) mass is 477 g/mol. The van der Waals surface area contributed by atoms with Gasteiger partial charge in [-0.05, 0) is 66.7 Å². The lowest BCUT2D eigenvalue weighted by Crippen LogP contribution is -2.40. The molecule has 0 radical (unpaired) electrons. The number of anilines is 1. The van der Waals surface area contributed by atoms with Crippen LogP contribution in [0.3, 0.4) is 0 Å². The van der Waals surface area contributed by atoms with Crippen LogP contribution in [0.1, 0.15) is 34.1 Å². The number of hydrogen-bond donors (Lipinski definition) is 0. The molecule has 4 aliphatic carbocycles. The zero-order chi connectivity index (χ0) is 24.7. The van der Waals surface area contributed by atoms with Crippen LogP contribution in [0.25, 0.3) is 10.8 Å². The van der Waals surface area contributed by atoms with Crippen LogP contribution in [-0.2, 0) is 9.59 Å². The van der Waals surface area contributed by atoms with Crippen molar-refractivity contribution in [2.45, 2.75) is 13.3 Å². The molecule has 0 unspecified atom stereocenters. The number of imide groups is 1. The van der Waals surface area contributed by atoms with Crippen molar-refractivity contribution >= 4 is 40.0 Å². The number of nitrogens with zero attached hydrogens (tertiary/aromatic N) is 1. The number of carbonyl (C=O) groups excluding carboxylic acids is 4. The highest BCUT2D eigenvalue weighted by Crippen LogP contribution is 2.65. The van der Waals surface area contributed by atoms with E-state index < -0.39 is 5.97 Å². The van der Waals surface area contributed by atoms with Crippen LogP contribution in [-0.4, -0.2) is 23.6 Å². The van der Waals surface area contributed by atoms with E-state index in [4.69, 9.17) is 4.74 Å². The second kappa shape index (κ2) is 7.47. The Kier molecular flexibility index (Phi) is 4.41. The van der Waals surface area contributed by atoms with Crippen molar-refractivity contribution in [3.8, 4) is 5.75 Å². The molecule has 2 saturated carbocycles. The van der Waals surface area contributed by atoms with E-state index in [-0.39, 0.29) is 52.6 Å². The molecular formula is C30H23NO5. The highest BCUT2D eigenvalue weighted by molar-refractivity contribution is 6.23. The number of allylic oxidation sites excluding steroid dienone is 2. The Bertz CT molecular complexity index is 1500. The van der Waals surface area contributed by atoms with Gasteiger partial charge in [0.1, 0.15) is 5.75 Å². The quantitative estimate of drug-likeness (QED) is 0.177. The highest BCUT2D eigenvalue weighted by Gasteiger charge is 2.67. The van der Waals surface area contributed by atoms with Crippen molar-refractivity contribution in [1.29, 1.82) is 0 Å². The van der Waals surface area contributed by atoms with E-state index in [0.717, 1.165) is 11.8 Å². The smallest absolute Gasteiger partial charge is 0.343 e. The molecule has 6 nitrogen and oxygen atoms in total. The molecule has 1 heterocycles. The van der Waals surface area contributed by atoms with Gasteiger partial charge >= 0.3 is 5.97 Å². The first-order valence-corrected chi connectivity index (χ1v) is 12.3. The summed E-state index contributed by atoms with van der Waals surface area (Å²) in [6.45, 7) is 1.43. The van der Waals surface area contributed by atoms with Gasteiger partial charge in [-0.15, -0.1) is 0 Å². The van der Waals surface area contributed by atoms with Gasteiger partial charge in [0.2, 0.25) is 11.8 Å². The van der Waals surface area contributed by atoms with Crippen molar-refractivity contribution < 1.29 is 23.9 Å². The molecule has 1 saturated heterocycles. The molecule has 3 aromatic carbocycles. The molecule has 2 amide bonds. The van der Waals surface area contributed by atoms with Gasteiger partial charge in [-0.25, -0.2) is 9.69 Å². The lowest BCUT2D eigenvalue weighted by Gasteiger charge is -2.37. The Morgan fingerprint density at radius 3 is 2.25 bits per heavy atom. The van der Waals surface area contributed by atoms with Crippen LogP contribution < -0.4 is 9.64 Å². The van der Waals surface area contributed by atoms with E-state index >= 15 is 0 Å². The summed E-state index contributed by atoms with van der Waals surface area (Å²) in [6, 6.07) is 17.3. The van der Waals surface area contributed by atoms with Gasteiger partial charge in [0.15, 0.2) is 5.78 Å². The van der Waals surface area contributed by atoms with Crippen molar-refractivity contribution in [1.82, 2.24) is 0 Å². The van der Waals surface area contributed by atoms with Gasteiger partial charge in [0, 0.05) is 5.39 Å². The minimum absolute atomic E-state index is 0.135. The summed E-state index contributed by atoms with van der Waals surface area (Å²) in [6.07, 6.45) is 5.38. The maximum Gasteiger partial charge on any atom is 0.343 e. The third-order valence-electron chi connectivity index (χ3n) is 8.46. The molecule has 3 aromatic rings. The van der Waals surface area contributed by atoms with Crippen LogP contribution in [0, 0.1) is 35.5 Å². The number of rotatable bonds is 4. The van der Waals surface area contributed by atoms with Crippen LogP contribution in [0.15, 0.2) is 72.8 Å². The highest BCUT2D eigenvalue weighted by atomic mass is 16.5. The first-order valence-electron chi connectivity index (χ1n) is 12.3. The van der Waals surface area contributed by atoms with Gasteiger partial charge in [0.05, 0.1) is 28.7 Å². The summed E-state index contributed by atoms with van der Waals surface area (Å²) in [5.74, 6) is -0.303. The molecule has 36 heavy (non-hydrogen) atoms. The fourth-order valence-electron chi connectivity index (χ4n) is 6.77. The van der Waals surface area contributed by atoms with Crippen molar-refractivity contribution in [2.75, 3.05) is 4.90 Å². The summed E-state index contributed by atoms with van der Waals surface area (Å²) in [5, 5.41) is 1.50. The fraction of sp³-hybridized carbons (Fsp3) is 0.267. The maximum atomic E-state index is 13.5. The maximum absolute atomic E-state index is 13.5. The largest absolute Gasteiger partial charge is 0.421 e. The Morgan fingerprint density at radius 2 is 1.56 bits per heavy atom. The predicted octanol–water partition coefficient (Wildman–Crippen LogP) is 4.82. The molecule has 178 valence electrons. The second-order valence-corrected chi connectivity index (χ2v) is 10.3. The van der Waals surface area contributed by atoms with Gasteiger partial charge in [-0.3, -0.25) is 14.4 Å². The molecule has 3 fully saturated rings. The van der Waals surface area contributed by atoms with Crippen LogP contribution >= 0.6 is 0 Å².